The molecule has 1 unspecified atom stereocenters. The number of rotatable bonds is 3. The number of hydrogen-bond acceptors (Lipinski definition) is 2. The Labute approximate surface area is 116 Å². The van der Waals surface area contributed by atoms with E-state index >= 15 is 0 Å². The average Bonchev–Trinajstić information content (AvgIpc) is 2.96. The molecule has 0 amide bonds. The second-order valence-electron chi connectivity index (χ2n) is 5.06. The van der Waals surface area contributed by atoms with Crippen molar-refractivity contribution in [2.45, 2.75) is 19.8 Å². The van der Waals surface area contributed by atoms with E-state index in [0.717, 1.165) is 22.6 Å². The summed E-state index contributed by atoms with van der Waals surface area (Å²) in [6.45, 7) is 5.89. The molecular formula is C14H18BrN3. The molecule has 0 N–H and O–H groups in total. The number of likely N-dealkylation sites (tertiary alicyclic amines) is 1. The molecule has 0 aliphatic carbocycles. The molecule has 0 saturated carbocycles. The molecule has 18 heavy (non-hydrogen) atoms. The Morgan fingerprint density at radius 3 is 3.06 bits per heavy atom. The quantitative estimate of drug-likeness (QED) is 0.813. The minimum atomic E-state index is 0.772. The van der Waals surface area contributed by atoms with Gasteiger partial charge >= 0.3 is 0 Å². The number of halogens is 1. The van der Waals surface area contributed by atoms with E-state index in [1.807, 2.05) is 12.1 Å². The highest BCUT2D eigenvalue weighted by Gasteiger charge is 2.22. The maximum atomic E-state index is 4.70. The molecule has 1 saturated heterocycles. The van der Waals surface area contributed by atoms with Gasteiger partial charge in [0, 0.05) is 12.7 Å². The summed E-state index contributed by atoms with van der Waals surface area (Å²) < 4.78 is 3.18. The van der Waals surface area contributed by atoms with E-state index in [0.29, 0.717) is 0 Å². The van der Waals surface area contributed by atoms with Crippen LogP contribution in [-0.4, -0.2) is 33.9 Å². The fraction of sp³-hybridized carbons (Fsp3) is 0.500. The van der Waals surface area contributed by atoms with Crippen LogP contribution in [0.15, 0.2) is 29.0 Å². The van der Waals surface area contributed by atoms with Gasteiger partial charge in [-0.25, -0.2) is 4.98 Å². The summed E-state index contributed by atoms with van der Waals surface area (Å²) in [5.74, 6) is 0.772. The van der Waals surface area contributed by atoms with E-state index < -0.39 is 0 Å². The molecular weight excluding hydrogens is 290 g/mol. The summed E-state index contributed by atoms with van der Waals surface area (Å²) >= 11 is 3.56. The largest absolute Gasteiger partial charge is 0.303 e. The lowest BCUT2D eigenvalue weighted by atomic mass is 10.0. The normalized spacial score (nSPS) is 20.9. The van der Waals surface area contributed by atoms with Crippen LogP contribution in [0.25, 0.3) is 5.65 Å². The summed E-state index contributed by atoms with van der Waals surface area (Å²) in [5.41, 5.74) is 2.24. The van der Waals surface area contributed by atoms with Gasteiger partial charge < -0.3 is 4.90 Å². The predicted molar refractivity (Wildman–Crippen MR) is 76.8 cm³/mol. The topological polar surface area (TPSA) is 20.5 Å². The zero-order chi connectivity index (χ0) is 12.5. The van der Waals surface area contributed by atoms with Crippen LogP contribution >= 0.6 is 15.9 Å². The first-order chi connectivity index (χ1) is 8.76. The first-order valence-corrected chi connectivity index (χ1v) is 7.40. The van der Waals surface area contributed by atoms with Crippen molar-refractivity contribution < 1.29 is 0 Å². The third-order valence-corrected chi connectivity index (χ3v) is 4.45. The monoisotopic (exact) mass is 307 g/mol. The van der Waals surface area contributed by atoms with Crippen molar-refractivity contribution in [1.82, 2.24) is 14.3 Å². The summed E-state index contributed by atoms with van der Waals surface area (Å²) in [4.78, 5) is 7.23. The molecule has 0 aromatic carbocycles. The highest BCUT2D eigenvalue weighted by molar-refractivity contribution is 9.10. The zero-order valence-electron chi connectivity index (χ0n) is 10.6. The Balaban J connectivity index is 1.77. The van der Waals surface area contributed by atoms with Crippen molar-refractivity contribution in [3.63, 3.8) is 0 Å². The molecule has 0 bridgehead atoms. The smallest absolute Gasteiger partial charge is 0.137 e. The van der Waals surface area contributed by atoms with Gasteiger partial charge in [-0.2, -0.15) is 0 Å². The van der Waals surface area contributed by atoms with E-state index in [-0.39, 0.29) is 0 Å². The number of aromatic nitrogens is 2. The van der Waals surface area contributed by atoms with Gasteiger partial charge in [-0.3, -0.25) is 4.40 Å². The zero-order valence-corrected chi connectivity index (χ0v) is 12.2. The predicted octanol–water partition coefficient (Wildman–Crippen LogP) is 2.98. The molecule has 96 valence electrons. The second kappa shape index (κ2) is 5.02. The van der Waals surface area contributed by atoms with Crippen molar-refractivity contribution in [3.05, 3.63) is 34.7 Å². The van der Waals surface area contributed by atoms with E-state index in [1.54, 1.807) is 0 Å². The molecule has 3 heterocycles. The van der Waals surface area contributed by atoms with Crippen LogP contribution in [0.1, 0.15) is 19.0 Å². The Hall–Kier alpha value is -0.870. The van der Waals surface area contributed by atoms with Gasteiger partial charge in [-0.15, -0.1) is 0 Å². The summed E-state index contributed by atoms with van der Waals surface area (Å²) in [6, 6.07) is 6.14. The second-order valence-corrected chi connectivity index (χ2v) is 5.87. The lowest BCUT2D eigenvalue weighted by molar-refractivity contribution is 0.341. The first kappa shape index (κ1) is 12.2. The van der Waals surface area contributed by atoms with Crippen molar-refractivity contribution in [1.29, 1.82) is 0 Å². The minimum absolute atomic E-state index is 0.772. The fourth-order valence-electron chi connectivity index (χ4n) is 2.79. The number of nitrogens with zero attached hydrogens (tertiary/aromatic N) is 3. The molecule has 1 aliphatic rings. The standard InChI is InChI=1S/C14H18BrN3/c1-2-17-7-6-11(9-17)8-12-10-18-13(15)4-3-5-14(18)16-12/h3-5,10-11H,2,6-9H2,1H3. The van der Waals surface area contributed by atoms with E-state index in [2.05, 4.69) is 44.4 Å². The van der Waals surface area contributed by atoms with Gasteiger partial charge in [0.15, 0.2) is 0 Å². The van der Waals surface area contributed by atoms with E-state index in [9.17, 15) is 0 Å². The van der Waals surface area contributed by atoms with Crippen LogP contribution in [0, 0.1) is 5.92 Å². The van der Waals surface area contributed by atoms with Crippen molar-refractivity contribution >= 4 is 21.6 Å². The Morgan fingerprint density at radius 2 is 2.33 bits per heavy atom. The maximum Gasteiger partial charge on any atom is 0.137 e. The van der Waals surface area contributed by atoms with Gasteiger partial charge in [-0.1, -0.05) is 13.0 Å². The lowest BCUT2D eigenvalue weighted by Gasteiger charge is -2.11. The lowest BCUT2D eigenvalue weighted by Crippen LogP contribution is -2.20. The molecule has 1 fully saturated rings. The molecule has 2 aromatic heterocycles. The van der Waals surface area contributed by atoms with Crippen molar-refractivity contribution in [2.75, 3.05) is 19.6 Å². The maximum absolute atomic E-state index is 4.70. The summed E-state index contributed by atoms with van der Waals surface area (Å²) in [6.07, 6.45) is 4.57. The molecule has 3 rings (SSSR count). The van der Waals surface area contributed by atoms with Crippen LogP contribution in [-0.2, 0) is 6.42 Å². The summed E-state index contributed by atoms with van der Waals surface area (Å²) in [5, 5.41) is 0. The molecule has 2 aromatic rings. The van der Waals surface area contributed by atoms with E-state index in [4.69, 9.17) is 4.98 Å². The minimum Gasteiger partial charge on any atom is -0.303 e. The molecule has 4 heteroatoms. The number of fused-ring (bicyclic) bond motifs is 1. The Morgan fingerprint density at radius 1 is 1.44 bits per heavy atom. The highest BCUT2D eigenvalue weighted by atomic mass is 79.9. The van der Waals surface area contributed by atoms with Gasteiger partial charge in [0.2, 0.25) is 0 Å². The Kier molecular flexibility index (Phi) is 3.39. The molecule has 1 aliphatic heterocycles. The fourth-order valence-corrected chi connectivity index (χ4v) is 3.23. The van der Waals surface area contributed by atoms with Crippen LogP contribution in [0.2, 0.25) is 0 Å². The summed E-state index contributed by atoms with van der Waals surface area (Å²) in [7, 11) is 0. The van der Waals surface area contributed by atoms with Crippen molar-refractivity contribution in [2.24, 2.45) is 5.92 Å². The van der Waals surface area contributed by atoms with Gasteiger partial charge in [0.1, 0.15) is 5.65 Å². The average molecular weight is 308 g/mol. The first-order valence-electron chi connectivity index (χ1n) is 6.61. The SMILES string of the molecule is CCN1CCC(Cc2cn3c(Br)cccc3n2)C1. The van der Waals surface area contributed by atoms with Crippen LogP contribution < -0.4 is 0 Å². The third-order valence-electron chi connectivity index (χ3n) is 3.81. The van der Waals surface area contributed by atoms with Crippen LogP contribution in [0.4, 0.5) is 0 Å². The van der Waals surface area contributed by atoms with Gasteiger partial charge in [-0.05, 0) is 59.9 Å². The molecule has 1 atom stereocenters. The number of pyridine rings is 1. The van der Waals surface area contributed by atoms with E-state index in [1.165, 1.54) is 31.7 Å². The van der Waals surface area contributed by atoms with Crippen LogP contribution in [0.3, 0.4) is 0 Å². The third kappa shape index (κ3) is 2.31. The van der Waals surface area contributed by atoms with Gasteiger partial charge in [0.25, 0.3) is 0 Å². The molecule has 3 nitrogen and oxygen atoms in total. The Bertz CT molecular complexity index is 549. The molecule has 0 radical (unpaired) electrons. The number of imidazole rings is 1. The highest BCUT2D eigenvalue weighted by Crippen LogP contribution is 2.21. The van der Waals surface area contributed by atoms with Gasteiger partial charge in [0.05, 0.1) is 10.3 Å². The molecule has 0 spiro atoms. The van der Waals surface area contributed by atoms with Crippen molar-refractivity contribution in [3.8, 4) is 0 Å². The number of hydrogen-bond donors (Lipinski definition) is 0. The van der Waals surface area contributed by atoms with Crippen LogP contribution in [0.5, 0.6) is 0 Å².